The van der Waals surface area contributed by atoms with Gasteiger partial charge in [-0.05, 0) is 43.5 Å². The third-order valence-corrected chi connectivity index (χ3v) is 6.54. The molecule has 1 aliphatic carbocycles. The van der Waals surface area contributed by atoms with Gasteiger partial charge in [0.2, 0.25) is 17.6 Å². The number of aromatic nitrogens is 4. The minimum atomic E-state index is -0.537. The Morgan fingerprint density at radius 1 is 1.24 bits per heavy atom. The quantitative estimate of drug-likeness (QED) is 0.548. The van der Waals surface area contributed by atoms with E-state index >= 15 is 0 Å². The van der Waals surface area contributed by atoms with Gasteiger partial charge >= 0.3 is 0 Å². The molecule has 186 valence electrons. The smallest absolute Gasteiger partial charge is 0.246 e. The Bertz CT molecular complexity index is 947. The fraction of sp³-hybridized carbons (Fsp3) is 0.696. The van der Waals surface area contributed by atoms with Crippen LogP contribution < -0.4 is 5.32 Å². The summed E-state index contributed by atoms with van der Waals surface area (Å²) >= 11 is 0. The number of tetrazole rings is 1. The topological polar surface area (TPSA) is 119 Å². The summed E-state index contributed by atoms with van der Waals surface area (Å²) < 4.78 is 11.0. The molecule has 3 heterocycles. The zero-order valence-electron chi connectivity index (χ0n) is 20.1. The van der Waals surface area contributed by atoms with E-state index in [-0.39, 0.29) is 24.4 Å². The van der Waals surface area contributed by atoms with E-state index in [0.29, 0.717) is 44.3 Å². The van der Waals surface area contributed by atoms with Crippen molar-refractivity contribution in [3.8, 4) is 11.6 Å². The first-order chi connectivity index (χ1) is 16.5. The van der Waals surface area contributed by atoms with Crippen LogP contribution in [-0.4, -0.2) is 93.3 Å². The lowest BCUT2D eigenvalue weighted by Gasteiger charge is -2.34. The minimum Gasteiger partial charge on any atom is -0.458 e. The SMILES string of the molecule is CCC(C(=O)NC1CCCC1)N(CCN1CCOCC1)C(=O)Cn1nnc(-c2ccc(C)o2)n1. The first kappa shape index (κ1) is 24.3. The number of hydrogen-bond acceptors (Lipinski definition) is 8. The standard InChI is InChI=1S/C23H35N7O4/c1-3-19(23(32)24-18-6-4-5-7-18)29(11-10-28-12-14-33-15-13-28)21(31)16-30-26-22(25-27-30)20-9-8-17(2)34-20/h8-9,18-19H,3-7,10-16H2,1-2H3,(H,24,32). The highest BCUT2D eigenvalue weighted by atomic mass is 16.5. The van der Waals surface area contributed by atoms with Gasteiger partial charge in [0.05, 0.1) is 13.2 Å². The van der Waals surface area contributed by atoms with Gasteiger partial charge in [-0.1, -0.05) is 19.8 Å². The molecule has 2 aliphatic rings. The molecule has 34 heavy (non-hydrogen) atoms. The molecule has 4 rings (SSSR count). The maximum absolute atomic E-state index is 13.4. The average molecular weight is 474 g/mol. The summed E-state index contributed by atoms with van der Waals surface area (Å²) in [6.45, 7) is 7.84. The Balaban J connectivity index is 1.45. The van der Waals surface area contributed by atoms with Crippen LogP contribution in [0.25, 0.3) is 11.6 Å². The number of furan rings is 1. The highest BCUT2D eigenvalue weighted by Crippen LogP contribution is 2.19. The van der Waals surface area contributed by atoms with Gasteiger partial charge in [0, 0.05) is 32.2 Å². The minimum absolute atomic E-state index is 0.0805. The van der Waals surface area contributed by atoms with Crippen LogP contribution in [0.2, 0.25) is 0 Å². The van der Waals surface area contributed by atoms with E-state index in [2.05, 4.69) is 25.6 Å². The first-order valence-corrected chi connectivity index (χ1v) is 12.3. The molecule has 2 aromatic heterocycles. The van der Waals surface area contributed by atoms with Crippen LogP contribution in [-0.2, 0) is 20.9 Å². The lowest BCUT2D eigenvalue weighted by Crippen LogP contribution is -2.54. The van der Waals surface area contributed by atoms with Gasteiger partial charge in [0.25, 0.3) is 0 Å². The van der Waals surface area contributed by atoms with Crippen molar-refractivity contribution < 1.29 is 18.7 Å². The molecule has 1 aliphatic heterocycles. The number of carbonyl (C=O) groups excluding carboxylic acids is 2. The third kappa shape index (κ3) is 6.20. The highest BCUT2D eigenvalue weighted by Gasteiger charge is 2.31. The Labute approximate surface area is 199 Å². The predicted octanol–water partition coefficient (Wildman–Crippen LogP) is 1.24. The Hall–Kier alpha value is -2.79. The Morgan fingerprint density at radius 3 is 2.68 bits per heavy atom. The average Bonchev–Trinajstić information content (AvgIpc) is 3.60. The number of rotatable bonds is 10. The molecule has 0 spiro atoms. The lowest BCUT2D eigenvalue weighted by atomic mass is 10.1. The largest absolute Gasteiger partial charge is 0.458 e. The molecule has 2 amide bonds. The molecule has 1 saturated carbocycles. The lowest BCUT2D eigenvalue weighted by molar-refractivity contribution is -0.142. The normalized spacial score (nSPS) is 18.2. The van der Waals surface area contributed by atoms with E-state index in [1.165, 1.54) is 4.80 Å². The van der Waals surface area contributed by atoms with Crippen molar-refractivity contribution in [3.05, 3.63) is 17.9 Å². The number of amides is 2. The van der Waals surface area contributed by atoms with Gasteiger partial charge < -0.3 is 19.4 Å². The molecule has 0 aromatic carbocycles. The number of ether oxygens (including phenoxy) is 1. The van der Waals surface area contributed by atoms with Crippen molar-refractivity contribution in [2.24, 2.45) is 0 Å². The molecule has 1 unspecified atom stereocenters. The summed E-state index contributed by atoms with van der Waals surface area (Å²) in [6, 6.07) is 3.26. The van der Waals surface area contributed by atoms with Crippen LogP contribution in [0.4, 0.5) is 0 Å². The maximum Gasteiger partial charge on any atom is 0.246 e. The number of nitrogens with one attached hydrogen (secondary N) is 1. The summed E-state index contributed by atoms with van der Waals surface area (Å²) in [5, 5.41) is 15.5. The van der Waals surface area contributed by atoms with Crippen molar-refractivity contribution in [3.63, 3.8) is 0 Å². The molecule has 11 nitrogen and oxygen atoms in total. The first-order valence-electron chi connectivity index (χ1n) is 12.3. The second-order valence-corrected chi connectivity index (χ2v) is 9.01. The van der Waals surface area contributed by atoms with Crippen molar-refractivity contribution in [2.45, 2.75) is 64.6 Å². The van der Waals surface area contributed by atoms with Crippen LogP contribution in [0.3, 0.4) is 0 Å². The second-order valence-electron chi connectivity index (χ2n) is 9.01. The van der Waals surface area contributed by atoms with E-state index in [1.54, 1.807) is 11.0 Å². The van der Waals surface area contributed by atoms with Gasteiger partial charge in [-0.25, -0.2) is 0 Å². The monoisotopic (exact) mass is 473 g/mol. The third-order valence-electron chi connectivity index (χ3n) is 6.54. The van der Waals surface area contributed by atoms with Gasteiger partial charge in [0.1, 0.15) is 18.3 Å². The molecule has 11 heteroatoms. The summed E-state index contributed by atoms with van der Waals surface area (Å²) in [7, 11) is 0. The Morgan fingerprint density at radius 2 is 2.00 bits per heavy atom. The molecule has 1 atom stereocenters. The molecule has 0 radical (unpaired) electrons. The van der Waals surface area contributed by atoms with Crippen molar-refractivity contribution in [1.29, 1.82) is 0 Å². The summed E-state index contributed by atoms with van der Waals surface area (Å²) in [6.07, 6.45) is 4.81. The van der Waals surface area contributed by atoms with Crippen molar-refractivity contribution in [1.82, 2.24) is 35.3 Å². The summed E-state index contributed by atoms with van der Waals surface area (Å²) in [4.78, 5) is 31.8. The number of nitrogens with zero attached hydrogens (tertiary/aromatic N) is 6. The van der Waals surface area contributed by atoms with E-state index in [1.807, 2.05) is 19.9 Å². The van der Waals surface area contributed by atoms with E-state index in [9.17, 15) is 9.59 Å². The highest BCUT2D eigenvalue weighted by molar-refractivity contribution is 5.87. The van der Waals surface area contributed by atoms with E-state index < -0.39 is 6.04 Å². The van der Waals surface area contributed by atoms with Crippen LogP contribution in [0.15, 0.2) is 16.5 Å². The molecule has 2 aromatic rings. The van der Waals surface area contributed by atoms with Crippen molar-refractivity contribution in [2.75, 3.05) is 39.4 Å². The predicted molar refractivity (Wildman–Crippen MR) is 124 cm³/mol. The zero-order chi connectivity index (χ0) is 23.9. The van der Waals surface area contributed by atoms with E-state index in [4.69, 9.17) is 9.15 Å². The second kappa shape index (κ2) is 11.6. The summed E-state index contributed by atoms with van der Waals surface area (Å²) in [5.74, 6) is 1.29. The van der Waals surface area contributed by atoms with Crippen LogP contribution in [0.1, 0.15) is 44.8 Å². The number of carbonyl (C=O) groups is 2. The molecular weight excluding hydrogens is 438 g/mol. The summed E-state index contributed by atoms with van der Waals surface area (Å²) in [5.41, 5.74) is 0. The Kier molecular flexibility index (Phi) is 8.28. The fourth-order valence-corrected chi connectivity index (χ4v) is 4.62. The van der Waals surface area contributed by atoms with Gasteiger partial charge in [-0.3, -0.25) is 14.5 Å². The van der Waals surface area contributed by atoms with Crippen LogP contribution in [0.5, 0.6) is 0 Å². The van der Waals surface area contributed by atoms with E-state index in [0.717, 1.165) is 44.5 Å². The molecule has 0 bridgehead atoms. The molecule has 1 N–H and O–H groups in total. The van der Waals surface area contributed by atoms with Crippen LogP contribution >= 0.6 is 0 Å². The zero-order valence-corrected chi connectivity index (χ0v) is 20.1. The molecule has 1 saturated heterocycles. The number of hydrogen-bond donors (Lipinski definition) is 1. The molecule has 2 fully saturated rings. The van der Waals surface area contributed by atoms with Gasteiger partial charge in [-0.2, -0.15) is 4.80 Å². The maximum atomic E-state index is 13.4. The van der Waals surface area contributed by atoms with Crippen molar-refractivity contribution >= 4 is 11.8 Å². The molecular formula is C23H35N7O4. The number of morpholine rings is 1. The van der Waals surface area contributed by atoms with Gasteiger partial charge in [0.15, 0.2) is 5.76 Å². The number of aryl methyl sites for hydroxylation is 1. The van der Waals surface area contributed by atoms with Crippen LogP contribution in [0, 0.1) is 6.92 Å². The van der Waals surface area contributed by atoms with Gasteiger partial charge in [-0.15, -0.1) is 10.2 Å². The fourth-order valence-electron chi connectivity index (χ4n) is 4.62.